The summed E-state index contributed by atoms with van der Waals surface area (Å²) >= 11 is 0. The maximum Gasteiger partial charge on any atom is 0.433 e. The standard InChI is InChI=1S/C10H12N2O7/c1-18-5-4-6(10(14)15)11-9(13)7-2-3-8(19-7)12(16)17/h2-3,6H,4-5H2,1H3,(H,11,13)(H,14,15). The average molecular weight is 272 g/mol. The number of carbonyl (C=O) groups is 2. The van der Waals surface area contributed by atoms with E-state index in [0.717, 1.165) is 12.1 Å². The summed E-state index contributed by atoms with van der Waals surface area (Å²) in [5.41, 5.74) is 0. The molecular weight excluding hydrogens is 260 g/mol. The largest absolute Gasteiger partial charge is 0.480 e. The summed E-state index contributed by atoms with van der Waals surface area (Å²) < 4.78 is 9.37. The number of carboxylic acids is 1. The molecule has 9 nitrogen and oxygen atoms in total. The second kappa shape index (κ2) is 6.50. The summed E-state index contributed by atoms with van der Waals surface area (Å²) in [7, 11) is 1.40. The van der Waals surface area contributed by atoms with Crippen LogP contribution in [0, 0.1) is 10.1 Å². The van der Waals surface area contributed by atoms with Gasteiger partial charge in [0, 0.05) is 20.1 Å². The van der Waals surface area contributed by atoms with Crippen molar-refractivity contribution >= 4 is 17.8 Å². The number of nitro groups is 1. The van der Waals surface area contributed by atoms with E-state index < -0.39 is 28.7 Å². The summed E-state index contributed by atoms with van der Waals surface area (Å²) in [6.07, 6.45) is 0.0698. The predicted octanol–water partition coefficient (Wildman–Crippen LogP) is 0.407. The lowest BCUT2D eigenvalue weighted by atomic mass is 10.2. The average Bonchev–Trinajstić information content (AvgIpc) is 2.83. The van der Waals surface area contributed by atoms with E-state index >= 15 is 0 Å². The van der Waals surface area contributed by atoms with Crippen LogP contribution in [0.4, 0.5) is 5.88 Å². The van der Waals surface area contributed by atoms with Crippen LogP contribution in [0.3, 0.4) is 0 Å². The van der Waals surface area contributed by atoms with E-state index in [2.05, 4.69) is 9.73 Å². The molecule has 1 rings (SSSR count). The topological polar surface area (TPSA) is 132 Å². The van der Waals surface area contributed by atoms with Gasteiger partial charge in [-0.3, -0.25) is 14.9 Å². The highest BCUT2D eigenvalue weighted by molar-refractivity contribution is 5.94. The SMILES string of the molecule is COCCC(NC(=O)c1ccc([N+](=O)[O-])o1)C(=O)O. The third-order valence-electron chi connectivity index (χ3n) is 2.21. The van der Waals surface area contributed by atoms with Crippen molar-refractivity contribution in [3.8, 4) is 0 Å². The zero-order chi connectivity index (χ0) is 14.4. The lowest BCUT2D eigenvalue weighted by molar-refractivity contribution is -0.402. The van der Waals surface area contributed by atoms with Crippen LogP contribution in [-0.4, -0.2) is 41.7 Å². The van der Waals surface area contributed by atoms with Crippen molar-refractivity contribution < 1.29 is 28.8 Å². The Hall–Kier alpha value is -2.42. The molecular formula is C10H12N2O7. The van der Waals surface area contributed by atoms with Crippen molar-refractivity contribution in [2.75, 3.05) is 13.7 Å². The Bertz CT molecular complexity index is 482. The Morgan fingerprint density at radius 3 is 2.74 bits per heavy atom. The number of nitrogens with one attached hydrogen (secondary N) is 1. The first kappa shape index (κ1) is 14.6. The Balaban J connectivity index is 2.70. The highest BCUT2D eigenvalue weighted by Crippen LogP contribution is 2.15. The summed E-state index contributed by atoms with van der Waals surface area (Å²) in [4.78, 5) is 32.1. The molecule has 0 bridgehead atoms. The molecule has 0 fully saturated rings. The number of rotatable bonds is 7. The zero-order valence-electron chi connectivity index (χ0n) is 9.99. The van der Waals surface area contributed by atoms with Crippen LogP contribution in [0.25, 0.3) is 0 Å². The van der Waals surface area contributed by atoms with Crippen LogP contribution in [0.2, 0.25) is 0 Å². The molecule has 1 atom stereocenters. The number of nitrogens with zero attached hydrogens (tertiary/aromatic N) is 1. The third kappa shape index (κ3) is 4.07. The van der Waals surface area contributed by atoms with Gasteiger partial charge in [-0.25, -0.2) is 4.79 Å². The maximum atomic E-state index is 11.6. The highest BCUT2D eigenvalue weighted by atomic mass is 16.6. The lowest BCUT2D eigenvalue weighted by Gasteiger charge is -2.12. The number of carboxylic acid groups (broad SMARTS) is 1. The number of hydrogen-bond donors (Lipinski definition) is 2. The van der Waals surface area contributed by atoms with Gasteiger partial charge in [-0.1, -0.05) is 0 Å². The van der Waals surface area contributed by atoms with Crippen molar-refractivity contribution in [2.24, 2.45) is 0 Å². The minimum Gasteiger partial charge on any atom is -0.480 e. The van der Waals surface area contributed by atoms with Gasteiger partial charge in [0.15, 0.2) is 5.76 Å². The molecule has 9 heteroatoms. The summed E-state index contributed by atoms with van der Waals surface area (Å²) in [6, 6.07) is 0.958. The summed E-state index contributed by atoms with van der Waals surface area (Å²) in [5.74, 6) is -2.98. The monoisotopic (exact) mass is 272 g/mol. The molecule has 1 heterocycles. The van der Waals surface area contributed by atoms with Crippen LogP contribution in [0.5, 0.6) is 0 Å². The number of amides is 1. The van der Waals surface area contributed by atoms with Crippen LogP contribution in [0.1, 0.15) is 17.0 Å². The minimum absolute atomic E-state index is 0.0698. The van der Waals surface area contributed by atoms with Gasteiger partial charge in [0.25, 0.3) is 5.91 Å². The third-order valence-corrected chi connectivity index (χ3v) is 2.21. The quantitative estimate of drug-likeness (QED) is 0.542. The molecule has 0 saturated heterocycles. The molecule has 0 aliphatic rings. The van der Waals surface area contributed by atoms with Gasteiger partial charge in [0.05, 0.1) is 6.07 Å². The summed E-state index contributed by atoms with van der Waals surface area (Å²) in [5, 5.41) is 21.4. The van der Waals surface area contributed by atoms with E-state index in [-0.39, 0.29) is 18.8 Å². The first-order valence-corrected chi connectivity index (χ1v) is 5.22. The molecule has 0 aromatic carbocycles. The fraction of sp³-hybridized carbons (Fsp3) is 0.400. The first-order valence-electron chi connectivity index (χ1n) is 5.22. The molecule has 0 spiro atoms. The van der Waals surface area contributed by atoms with Gasteiger partial charge in [0.1, 0.15) is 11.0 Å². The fourth-order valence-corrected chi connectivity index (χ4v) is 1.27. The Labute approximate surface area is 107 Å². The smallest absolute Gasteiger partial charge is 0.433 e. The Morgan fingerprint density at radius 2 is 2.26 bits per heavy atom. The number of furan rings is 1. The van der Waals surface area contributed by atoms with E-state index in [4.69, 9.17) is 9.84 Å². The molecule has 19 heavy (non-hydrogen) atoms. The van der Waals surface area contributed by atoms with Crippen LogP contribution < -0.4 is 5.32 Å². The molecule has 1 aromatic rings. The van der Waals surface area contributed by atoms with Gasteiger partial charge in [0.2, 0.25) is 0 Å². The molecule has 0 radical (unpaired) electrons. The molecule has 0 aliphatic heterocycles. The van der Waals surface area contributed by atoms with Crippen molar-refractivity contribution in [1.29, 1.82) is 0 Å². The molecule has 1 unspecified atom stereocenters. The number of ether oxygens (including phenoxy) is 1. The maximum absolute atomic E-state index is 11.6. The normalized spacial score (nSPS) is 11.8. The number of hydrogen-bond acceptors (Lipinski definition) is 6. The molecule has 104 valence electrons. The molecule has 2 N–H and O–H groups in total. The van der Waals surface area contributed by atoms with Gasteiger partial charge < -0.3 is 19.6 Å². The zero-order valence-corrected chi connectivity index (χ0v) is 9.99. The molecule has 1 aromatic heterocycles. The minimum atomic E-state index is -1.23. The first-order chi connectivity index (χ1) is 8.95. The van der Waals surface area contributed by atoms with Crippen LogP contribution in [-0.2, 0) is 9.53 Å². The van der Waals surface area contributed by atoms with E-state index in [1.165, 1.54) is 7.11 Å². The van der Waals surface area contributed by atoms with E-state index in [9.17, 15) is 19.7 Å². The van der Waals surface area contributed by atoms with E-state index in [1.54, 1.807) is 0 Å². The predicted molar refractivity (Wildman–Crippen MR) is 60.7 cm³/mol. The molecule has 0 saturated carbocycles. The van der Waals surface area contributed by atoms with Gasteiger partial charge in [-0.2, -0.15) is 0 Å². The fourth-order valence-electron chi connectivity index (χ4n) is 1.27. The van der Waals surface area contributed by atoms with Crippen LogP contribution >= 0.6 is 0 Å². The van der Waals surface area contributed by atoms with Crippen molar-refractivity contribution in [1.82, 2.24) is 5.32 Å². The number of carbonyl (C=O) groups excluding carboxylic acids is 1. The summed E-state index contributed by atoms with van der Waals surface area (Å²) in [6.45, 7) is 0.148. The second-order valence-corrected chi connectivity index (χ2v) is 3.54. The second-order valence-electron chi connectivity index (χ2n) is 3.54. The lowest BCUT2D eigenvalue weighted by Crippen LogP contribution is -2.41. The van der Waals surface area contributed by atoms with Crippen molar-refractivity contribution in [3.05, 3.63) is 28.0 Å². The number of methoxy groups -OCH3 is 1. The van der Waals surface area contributed by atoms with Crippen molar-refractivity contribution in [2.45, 2.75) is 12.5 Å². The van der Waals surface area contributed by atoms with E-state index in [0.29, 0.717) is 0 Å². The molecule has 0 aliphatic carbocycles. The Morgan fingerprint density at radius 1 is 1.58 bits per heavy atom. The molecule has 1 amide bonds. The highest BCUT2D eigenvalue weighted by Gasteiger charge is 2.23. The number of aliphatic carboxylic acids is 1. The van der Waals surface area contributed by atoms with Gasteiger partial charge >= 0.3 is 11.9 Å². The van der Waals surface area contributed by atoms with Crippen LogP contribution in [0.15, 0.2) is 16.5 Å². The van der Waals surface area contributed by atoms with Gasteiger partial charge in [-0.15, -0.1) is 0 Å². The van der Waals surface area contributed by atoms with E-state index in [1.807, 2.05) is 0 Å². The Kier molecular flexibility index (Phi) is 5.01. The van der Waals surface area contributed by atoms with Gasteiger partial charge in [-0.05, 0) is 6.07 Å². The van der Waals surface area contributed by atoms with Crippen molar-refractivity contribution in [3.63, 3.8) is 0 Å².